The van der Waals surface area contributed by atoms with Crippen LogP contribution in [0, 0.1) is 5.41 Å². The van der Waals surface area contributed by atoms with Gasteiger partial charge in [0.15, 0.2) is 0 Å². The lowest BCUT2D eigenvalue weighted by Crippen LogP contribution is -2.61. The number of halogens is 3. The van der Waals surface area contributed by atoms with E-state index in [-0.39, 0.29) is 17.5 Å². The second-order valence-corrected chi connectivity index (χ2v) is 5.29. The normalized spacial score (nSPS) is 26.6. The zero-order valence-electron chi connectivity index (χ0n) is 10.3. The van der Waals surface area contributed by atoms with Crippen molar-refractivity contribution >= 4 is 5.69 Å². The Labute approximate surface area is 104 Å². The van der Waals surface area contributed by atoms with Gasteiger partial charge in [0.1, 0.15) is 5.69 Å². The van der Waals surface area contributed by atoms with Gasteiger partial charge in [-0.25, -0.2) is 0 Å². The number of hydrogen-bond acceptors (Lipinski definition) is 3. The third kappa shape index (κ3) is 2.29. The Bertz CT molecular complexity index is 442. The molecule has 0 aromatic carbocycles. The fourth-order valence-corrected chi connectivity index (χ4v) is 2.08. The van der Waals surface area contributed by atoms with Crippen LogP contribution in [0.1, 0.15) is 26.0 Å². The number of pyridine rings is 1. The lowest BCUT2D eigenvalue weighted by atomic mass is 9.63. The molecule has 1 aliphatic rings. The highest BCUT2D eigenvalue weighted by atomic mass is 19.4. The summed E-state index contributed by atoms with van der Waals surface area (Å²) in [5, 5.41) is 3.09. The SMILES string of the molecule is CC1(C)C(N)CC1Nc1ccnc(C(F)(F)F)c1. The van der Waals surface area contributed by atoms with Crippen molar-refractivity contribution in [1.29, 1.82) is 0 Å². The van der Waals surface area contributed by atoms with E-state index in [1.165, 1.54) is 6.07 Å². The van der Waals surface area contributed by atoms with Gasteiger partial charge < -0.3 is 11.1 Å². The molecule has 3 N–H and O–H groups in total. The first-order valence-corrected chi connectivity index (χ1v) is 5.76. The first-order valence-electron chi connectivity index (χ1n) is 5.76. The molecule has 2 unspecified atom stereocenters. The minimum absolute atomic E-state index is 0.0823. The van der Waals surface area contributed by atoms with Crippen LogP contribution in [0.2, 0.25) is 0 Å². The lowest BCUT2D eigenvalue weighted by Gasteiger charge is -2.51. The number of rotatable bonds is 2. The molecule has 1 heterocycles. The minimum atomic E-state index is -4.41. The van der Waals surface area contributed by atoms with E-state index < -0.39 is 11.9 Å². The van der Waals surface area contributed by atoms with Crippen LogP contribution in [-0.4, -0.2) is 17.1 Å². The molecule has 1 fully saturated rings. The lowest BCUT2D eigenvalue weighted by molar-refractivity contribution is -0.141. The summed E-state index contributed by atoms with van der Waals surface area (Å²) in [5.41, 5.74) is 5.31. The summed E-state index contributed by atoms with van der Waals surface area (Å²) >= 11 is 0. The van der Waals surface area contributed by atoms with E-state index in [0.29, 0.717) is 5.69 Å². The van der Waals surface area contributed by atoms with Gasteiger partial charge in [0, 0.05) is 29.4 Å². The van der Waals surface area contributed by atoms with Gasteiger partial charge in [-0.15, -0.1) is 0 Å². The number of nitrogens with zero attached hydrogens (tertiary/aromatic N) is 1. The average Bonchev–Trinajstić information content (AvgIpc) is 2.28. The average molecular weight is 259 g/mol. The van der Waals surface area contributed by atoms with E-state index in [4.69, 9.17) is 5.73 Å². The Morgan fingerprint density at radius 3 is 2.61 bits per heavy atom. The molecule has 2 atom stereocenters. The number of hydrogen-bond donors (Lipinski definition) is 2. The molecular formula is C12H16F3N3. The molecule has 1 aliphatic carbocycles. The van der Waals surface area contributed by atoms with Gasteiger partial charge in [-0.05, 0) is 18.6 Å². The van der Waals surface area contributed by atoms with E-state index in [9.17, 15) is 13.2 Å². The number of aromatic nitrogens is 1. The van der Waals surface area contributed by atoms with Crippen molar-refractivity contribution in [3.8, 4) is 0 Å². The molecular weight excluding hydrogens is 243 g/mol. The summed E-state index contributed by atoms with van der Waals surface area (Å²) in [6, 6.07) is 2.74. The maximum absolute atomic E-state index is 12.5. The summed E-state index contributed by atoms with van der Waals surface area (Å²) in [5.74, 6) is 0. The van der Waals surface area contributed by atoms with E-state index in [0.717, 1.165) is 18.7 Å². The molecule has 0 spiro atoms. The maximum Gasteiger partial charge on any atom is 0.433 e. The van der Waals surface area contributed by atoms with E-state index in [1.807, 2.05) is 13.8 Å². The Balaban J connectivity index is 2.12. The van der Waals surface area contributed by atoms with Crippen molar-refractivity contribution in [1.82, 2.24) is 4.98 Å². The van der Waals surface area contributed by atoms with Gasteiger partial charge >= 0.3 is 6.18 Å². The number of nitrogens with two attached hydrogens (primary N) is 1. The van der Waals surface area contributed by atoms with Gasteiger partial charge in [0.2, 0.25) is 0 Å². The molecule has 1 aromatic heterocycles. The molecule has 0 radical (unpaired) electrons. The van der Waals surface area contributed by atoms with Crippen LogP contribution in [-0.2, 0) is 6.18 Å². The molecule has 6 heteroatoms. The smallest absolute Gasteiger partial charge is 0.382 e. The summed E-state index contributed by atoms with van der Waals surface area (Å²) in [7, 11) is 0. The zero-order valence-corrected chi connectivity index (χ0v) is 10.3. The van der Waals surface area contributed by atoms with Gasteiger partial charge in [0.05, 0.1) is 0 Å². The van der Waals surface area contributed by atoms with Crippen LogP contribution >= 0.6 is 0 Å². The van der Waals surface area contributed by atoms with Gasteiger partial charge in [-0.1, -0.05) is 13.8 Å². The largest absolute Gasteiger partial charge is 0.433 e. The van der Waals surface area contributed by atoms with Crippen molar-refractivity contribution in [2.24, 2.45) is 11.1 Å². The van der Waals surface area contributed by atoms with E-state index in [2.05, 4.69) is 10.3 Å². The topological polar surface area (TPSA) is 50.9 Å². The van der Waals surface area contributed by atoms with Crippen molar-refractivity contribution in [2.75, 3.05) is 5.32 Å². The quantitative estimate of drug-likeness (QED) is 0.858. The Morgan fingerprint density at radius 1 is 1.44 bits per heavy atom. The molecule has 0 amide bonds. The highest BCUT2D eigenvalue weighted by molar-refractivity contribution is 5.46. The van der Waals surface area contributed by atoms with Crippen molar-refractivity contribution in [2.45, 2.75) is 38.5 Å². The third-order valence-corrected chi connectivity index (χ3v) is 3.73. The molecule has 0 saturated heterocycles. The predicted octanol–water partition coefficient (Wildman–Crippen LogP) is 2.64. The van der Waals surface area contributed by atoms with E-state index >= 15 is 0 Å². The second kappa shape index (κ2) is 4.12. The van der Waals surface area contributed by atoms with Crippen molar-refractivity contribution < 1.29 is 13.2 Å². The fourth-order valence-electron chi connectivity index (χ4n) is 2.08. The molecule has 18 heavy (non-hydrogen) atoms. The van der Waals surface area contributed by atoms with Gasteiger partial charge in [0.25, 0.3) is 0 Å². The monoisotopic (exact) mass is 259 g/mol. The molecule has 3 nitrogen and oxygen atoms in total. The molecule has 0 aliphatic heterocycles. The van der Waals surface area contributed by atoms with Crippen LogP contribution < -0.4 is 11.1 Å². The van der Waals surface area contributed by atoms with Crippen LogP contribution in [0.4, 0.5) is 18.9 Å². The predicted molar refractivity (Wildman–Crippen MR) is 63.0 cm³/mol. The van der Waals surface area contributed by atoms with Crippen LogP contribution in [0.5, 0.6) is 0 Å². The summed E-state index contributed by atoms with van der Waals surface area (Å²) in [6.07, 6.45) is -2.49. The third-order valence-electron chi connectivity index (χ3n) is 3.73. The number of alkyl halides is 3. The summed E-state index contributed by atoms with van der Waals surface area (Å²) in [6.45, 7) is 4.01. The second-order valence-electron chi connectivity index (χ2n) is 5.29. The van der Waals surface area contributed by atoms with Crippen LogP contribution in [0.15, 0.2) is 18.3 Å². The highest BCUT2D eigenvalue weighted by Crippen LogP contribution is 2.41. The van der Waals surface area contributed by atoms with Crippen molar-refractivity contribution in [3.05, 3.63) is 24.0 Å². The number of nitrogens with one attached hydrogen (secondary N) is 1. The Kier molecular flexibility index (Phi) is 3.01. The first kappa shape index (κ1) is 13.1. The minimum Gasteiger partial charge on any atom is -0.382 e. The van der Waals surface area contributed by atoms with Gasteiger partial charge in [-0.2, -0.15) is 13.2 Å². The Morgan fingerprint density at radius 2 is 2.11 bits per heavy atom. The molecule has 100 valence electrons. The zero-order chi connectivity index (χ0) is 13.6. The maximum atomic E-state index is 12.5. The van der Waals surface area contributed by atoms with Crippen LogP contribution in [0.25, 0.3) is 0 Å². The standard InChI is InChI=1S/C12H16F3N3/c1-11(2)8(16)6-9(11)18-7-3-4-17-10(5-7)12(13,14)15/h3-5,8-9H,6,16H2,1-2H3,(H,17,18). The molecule has 1 aromatic rings. The first-order chi connectivity index (χ1) is 8.21. The highest BCUT2D eigenvalue weighted by Gasteiger charge is 2.46. The van der Waals surface area contributed by atoms with E-state index in [1.54, 1.807) is 0 Å². The molecule has 2 rings (SSSR count). The summed E-state index contributed by atoms with van der Waals surface area (Å²) in [4.78, 5) is 3.32. The van der Waals surface area contributed by atoms with Crippen molar-refractivity contribution in [3.63, 3.8) is 0 Å². The molecule has 0 bridgehead atoms. The molecule has 1 saturated carbocycles. The van der Waals surface area contributed by atoms with Gasteiger partial charge in [-0.3, -0.25) is 4.98 Å². The van der Waals surface area contributed by atoms with Crippen LogP contribution in [0.3, 0.4) is 0 Å². The Hall–Kier alpha value is -1.30. The fraction of sp³-hybridized carbons (Fsp3) is 0.583. The number of anilines is 1. The summed E-state index contributed by atoms with van der Waals surface area (Å²) < 4.78 is 37.5.